The lowest BCUT2D eigenvalue weighted by Crippen LogP contribution is -2.00. The summed E-state index contributed by atoms with van der Waals surface area (Å²) in [5.41, 5.74) is 4.98. The molecular weight excluding hydrogens is 232 g/mol. The highest BCUT2D eigenvalue weighted by atomic mass is 15.0. The molecule has 0 saturated carbocycles. The van der Waals surface area contributed by atoms with Crippen molar-refractivity contribution in [2.75, 3.05) is 0 Å². The van der Waals surface area contributed by atoms with Crippen LogP contribution in [-0.4, -0.2) is 9.55 Å². The molecule has 2 heteroatoms. The van der Waals surface area contributed by atoms with E-state index >= 15 is 0 Å². The number of hydrogen-bond acceptors (Lipinski definition) is 1. The average molecular weight is 248 g/mol. The molecule has 2 aromatic carbocycles. The minimum absolute atomic E-state index is 0.852. The molecule has 0 aliphatic rings. The second-order valence-corrected chi connectivity index (χ2v) is 4.71. The molecule has 1 aromatic heterocycles. The molecule has 0 radical (unpaired) electrons. The van der Waals surface area contributed by atoms with E-state index in [1.807, 2.05) is 18.6 Å². The maximum absolute atomic E-state index is 4.30. The third-order valence-corrected chi connectivity index (χ3v) is 3.33. The van der Waals surface area contributed by atoms with E-state index in [2.05, 4.69) is 65.0 Å². The van der Waals surface area contributed by atoms with Crippen molar-refractivity contribution in [3.63, 3.8) is 0 Å². The largest absolute Gasteiger partial charge is 0.326 e. The lowest BCUT2D eigenvalue weighted by molar-refractivity contribution is 0.804. The number of imidazole rings is 1. The maximum Gasteiger partial charge on any atom is 0.0954 e. The molecule has 0 aliphatic heterocycles. The Balaban J connectivity index is 1.98. The summed E-state index contributed by atoms with van der Waals surface area (Å²) in [5.74, 6) is 0. The number of aryl methyl sites for hydroxylation is 1. The van der Waals surface area contributed by atoms with E-state index in [4.69, 9.17) is 0 Å². The van der Waals surface area contributed by atoms with Crippen LogP contribution in [0.4, 0.5) is 0 Å². The molecule has 1 heterocycles. The molecular formula is C17H16N2. The molecule has 0 unspecified atom stereocenters. The van der Waals surface area contributed by atoms with Gasteiger partial charge in [-0.2, -0.15) is 0 Å². The van der Waals surface area contributed by atoms with Crippen LogP contribution in [-0.2, 0) is 6.54 Å². The highest BCUT2D eigenvalue weighted by molar-refractivity contribution is 5.63. The fourth-order valence-electron chi connectivity index (χ4n) is 2.31. The molecule has 0 N–H and O–H groups in total. The van der Waals surface area contributed by atoms with Gasteiger partial charge in [-0.3, -0.25) is 0 Å². The summed E-state index contributed by atoms with van der Waals surface area (Å²) in [5, 5.41) is 0. The molecule has 0 bridgehead atoms. The second-order valence-electron chi connectivity index (χ2n) is 4.71. The Kier molecular flexibility index (Phi) is 3.15. The Labute approximate surface area is 113 Å². The van der Waals surface area contributed by atoms with Crippen LogP contribution in [0.3, 0.4) is 0 Å². The molecule has 0 amide bonds. The number of hydrogen-bond donors (Lipinski definition) is 0. The number of benzene rings is 2. The Morgan fingerprint density at radius 3 is 2.47 bits per heavy atom. The van der Waals surface area contributed by atoms with Gasteiger partial charge in [-0.15, -0.1) is 0 Å². The zero-order valence-corrected chi connectivity index (χ0v) is 11.0. The zero-order chi connectivity index (χ0) is 13.1. The Hall–Kier alpha value is -2.35. The van der Waals surface area contributed by atoms with Crippen LogP contribution in [0.15, 0.2) is 67.1 Å². The van der Waals surface area contributed by atoms with E-state index in [1.165, 1.54) is 22.4 Å². The summed E-state index contributed by atoms with van der Waals surface area (Å²) < 4.78 is 2.19. The Morgan fingerprint density at radius 2 is 1.68 bits per heavy atom. The highest BCUT2D eigenvalue weighted by Crippen LogP contribution is 2.23. The summed E-state index contributed by atoms with van der Waals surface area (Å²) in [6.45, 7) is 2.99. The van der Waals surface area contributed by atoms with Crippen LogP contribution < -0.4 is 0 Å². The molecule has 3 rings (SSSR count). The van der Waals surface area contributed by atoms with Crippen molar-refractivity contribution < 1.29 is 0 Å². The first-order chi connectivity index (χ1) is 9.34. The summed E-state index contributed by atoms with van der Waals surface area (Å²) in [6, 6.07) is 18.9. The number of nitrogens with zero attached hydrogens (tertiary/aromatic N) is 2. The second kappa shape index (κ2) is 5.11. The molecule has 0 spiro atoms. The van der Waals surface area contributed by atoms with E-state index < -0.39 is 0 Å². The molecule has 94 valence electrons. The standard InChI is InChI=1S/C17H16N2/c1-14-7-5-6-10-16(14)17-11-18-13-19(17)12-15-8-3-2-4-9-15/h2-11,13H,12H2,1H3. The molecule has 2 nitrogen and oxygen atoms in total. The van der Waals surface area contributed by atoms with Crippen molar-refractivity contribution in [2.24, 2.45) is 0 Å². The monoisotopic (exact) mass is 248 g/mol. The quantitative estimate of drug-likeness (QED) is 0.687. The van der Waals surface area contributed by atoms with Gasteiger partial charge in [-0.1, -0.05) is 54.6 Å². The van der Waals surface area contributed by atoms with Crippen molar-refractivity contribution in [2.45, 2.75) is 13.5 Å². The lowest BCUT2D eigenvalue weighted by Gasteiger charge is -2.10. The van der Waals surface area contributed by atoms with Crippen molar-refractivity contribution in [1.82, 2.24) is 9.55 Å². The fourth-order valence-corrected chi connectivity index (χ4v) is 2.31. The van der Waals surface area contributed by atoms with E-state index in [1.54, 1.807) is 0 Å². The molecule has 19 heavy (non-hydrogen) atoms. The van der Waals surface area contributed by atoms with E-state index in [0.717, 1.165) is 6.54 Å². The van der Waals surface area contributed by atoms with Gasteiger partial charge < -0.3 is 4.57 Å². The van der Waals surface area contributed by atoms with Crippen LogP contribution in [0, 0.1) is 6.92 Å². The molecule has 0 saturated heterocycles. The predicted octanol–water partition coefficient (Wildman–Crippen LogP) is 3.91. The Bertz CT molecular complexity index is 668. The third kappa shape index (κ3) is 2.43. The van der Waals surface area contributed by atoms with Crippen molar-refractivity contribution in [3.05, 3.63) is 78.2 Å². The van der Waals surface area contributed by atoms with Crippen LogP contribution in [0.5, 0.6) is 0 Å². The van der Waals surface area contributed by atoms with E-state index in [-0.39, 0.29) is 0 Å². The molecule has 0 aliphatic carbocycles. The van der Waals surface area contributed by atoms with Gasteiger partial charge in [0, 0.05) is 12.1 Å². The van der Waals surface area contributed by atoms with Crippen LogP contribution in [0.1, 0.15) is 11.1 Å². The first-order valence-corrected chi connectivity index (χ1v) is 6.44. The SMILES string of the molecule is Cc1ccccc1-c1cncn1Cc1ccccc1. The van der Waals surface area contributed by atoms with Crippen molar-refractivity contribution in [3.8, 4) is 11.3 Å². The van der Waals surface area contributed by atoms with Gasteiger partial charge in [0.25, 0.3) is 0 Å². The Morgan fingerprint density at radius 1 is 0.947 bits per heavy atom. The topological polar surface area (TPSA) is 17.8 Å². The lowest BCUT2D eigenvalue weighted by atomic mass is 10.1. The predicted molar refractivity (Wildman–Crippen MR) is 77.9 cm³/mol. The normalized spacial score (nSPS) is 10.6. The number of aromatic nitrogens is 2. The summed E-state index contributed by atoms with van der Waals surface area (Å²) >= 11 is 0. The smallest absolute Gasteiger partial charge is 0.0954 e. The van der Waals surface area contributed by atoms with Crippen LogP contribution in [0.2, 0.25) is 0 Å². The van der Waals surface area contributed by atoms with Gasteiger partial charge >= 0.3 is 0 Å². The zero-order valence-electron chi connectivity index (χ0n) is 11.0. The highest BCUT2D eigenvalue weighted by Gasteiger charge is 2.07. The number of rotatable bonds is 3. The fraction of sp³-hybridized carbons (Fsp3) is 0.118. The van der Waals surface area contributed by atoms with Gasteiger partial charge in [0.05, 0.1) is 18.2 Å². The van der Waals surface area contributed by atoms with Crippen molar-refractivity contribution >= 4 is 0 Å². The van der Waals surface area contributed by atoms with Crippen molar-refractivity contribution in [1.29, 1.82) is 0 Å². The minimum atomic E-state index is 0.852. The first kappa shape index (κ1) is 11.7. The van der Waals surface area contributed by atoms with Gasteiger partial charge in [-0.25, -0.2) is 4.98 Å². The van der Waals surface area contributed by atoms with E-state index in [9.17, 15) is 0 Å². The average Bonchev–Trinajstić information content (AvgIpc) is 2.88. The summed E-state index contributed by atoms with van der Waals surface area (Å²) in [6.07, 6.45) is 3.83. The van der Waals surface area contributed by atoms with Crippen LogP contribution >= 0.6 is 0 Å². The van der Waals surface area contributed by atoms with Gasteiger partial charge in [0.1, 0.15) is 0 Å². The molecule has 3 aromatic rings. The van der Waals surface area contributed by atoms with Gasteiger partial charge in [0.2, 0.25) is 0 Å². The maximum atomic E-state index is 4.30. The summed E-state index contributed by atoms with van der Waals surface area (Å²) in [7, 11) is 0. The summed E-state index contributed by atoms with van der Waals surface area (Å²) in [4.78, 5) is 4.30. The molecule has 0 atom stereocenters. The first-order valence-electron chi connectivity index (χ1n) is 6.44. The molecule has 0 fully saturated rings. The van der Waals surface area contributed by atoms with Gasteiger partial charge in [-0.05, 0) is 18.1 Å². The minimum Gasteiger partial charge on any atom is -0.326 e. The van der Waals surface area contributed by atoms with Gasteiger partial charge in [0.15, 0.2) is 0 Å². The third-order valence-electron chi connectivity index (χ3n) is 3.33. The van der Waals surface area contributed by atoms with Crippen LogP contribution in [0.25, 0.3) is 11.3 Å². The van der Waals surface area contributed by atoms with E-state index in [0.29, 0.717) is 0 Å².